The number of benzene rings is 5. The Morgan fingerprint density at radius 3 is 2.21 bits per heavy atom. The lowest BCUT2D eigenvalue weighted by Gasteiger charge is -2.18. The van der Waals surface area contributed by atoms with Gasteiger partial charge in [0.2, 0.25) is 0 Å². The molecule has 0 aromatic heterocycles. The third-order valence-corrected chi connectivity index (χ3v) is 7.00. The van der Waals surface area contributed by atoms with Crippen LogP contribution in [0.1, 0.15) is 15.9 Å². The largest absolute Gasteiger partial charge is 0.497 e. The van der Waals surface area contributed by atoms with Crippen molar-refractivity contribution in [1.29, 1.82) is 0 Å². The predicted molar refractivity (Wildman–Crippen MR) is 169 cm³/mol. The zero-order valence-electron chi connectivity index (χ0n) is 23.3. The summed E-state index contributed by atoms with van der Waals surface area (Å²) in [6, 6.07) is 35.7. The number of para-hydroxylation sites is 2. The lowest BCUT2D eigenvalue weighted by atomic mass is 9.99. The van der Waals surface area contributed by atoms with Crippen LogP contribution in [0.3, 0.4) is 0 Å². The zero-order valence-corrected chi connectivity index (χ0v) is 24.0. The molecule has 1 atom stereocenters. The minimum Gasteiger partial charge on any atom is -0.497 e. The number of methoxy groups -OCH3 is 1. The van der Waals surface area contributed by atoms with Crippen molar-refractivity contribution in [2.24, 2.45) is 0 Å². The molecule has 0 radical (unpaired) electrons. The molecular formula is C35H29ClN2O5. The molecule has 216 valence electrons. The van der Waals surface area contributed by atoms with Gasteiger partial charge < -0.3 is 25.2 Å². The van der Waals surface area contributed by atoms with Gasteiger partial charge in [0.25, 0.3) is 5.91 Å². The van der Waals surface area contributed by atoms with Crippen LogP contribution in [-0.4, -0.2) is 30.1 Å². The van der Waals surface area contributed by atoms with Gasteiger partial charge in [-0.15, -0.1) is 0 Å². The first-order valence-electron chi connectivity index (χ1n) is 13.5. The van der Waals surface area contributed by atoms with E-state index in [1.807, 2.05) is 91.0 Å². The number of carbonyl (C=O) groups excluding carboxylic acids is 1. The highest BCUT2D eigenvalue weighted by Gasteiger charge is 2.23. The first-order valence-corrected chi connectivity index (χ1v) is 13.9. The Morgan fingerprint density at radius 2 is 1.51 bits per heavy atom. The third-order valence-electron chi connectivity index (χ3n) is 6.76. The minimum atomic E-state index is -1.17. The summed E-state index contributed by atoms with van der Waals surface area (Å²) < 4.78 is 11.3. The number of carboxylic acid groups (broad SMARTS) is 1. The van der Waals surface area contributed by atoms with Crippen molar-refractivity contribution >= 4 is 34.9 Å². The van der Waals surface area contributed by atoms with E-state index in [-0.39, 0.29) is 12.0 Å². The average Bonchev–Trinajstić information content (AvgIpc) is 3.03. The second kappa shape index (κ2) is 13.6. The predicted octanol–water partition coefficient (Wildman–Crippen LogP) is 7.98. The second-order valence-electron chi connectivity index (χ2n) is 9.72. The Bertz CT molecular complexity index is 1710. The molecule has 0 spiro atoms. The van der Waals surface area contributed by atoms with Gasteiger partial charge >= 0.3 is 5.97 Å². The molecule has 0 saturated carbocycles. The Morgan fingerprint density at radius 1 is 0.814 bits per heavy atom. The lowest BCUT2D eigenvalue weighted by Crippen LogP contribution is -2.42. The maximum absolute atomic E-state index is 13.3. The van der Waals surface area contributed by atoms with Crippen LogP contribution in [0.4, 0.5) is 11.4 Å². The molecule has 0 aliphatic heterocycles. The molecule has 0 aliphatic rings. The molecule has 43 heavy (non-hydrogen) atoms. The van der Waals surface area contributed by atoms with Crippen molar-refractivity contribution in [3.63, 3.8) is 0 Å². The Kier molecular flexibility index (Phi) is 9.24. The standard InChI is InChI=1S/C35H29ClN2O5/c1-42-27-18-16-26(17-19-27)37-31-20-15-25(36)22-30(31)34(39)38-32(35(40)41)21-23-11-13-24(14-12-23)29-9-5-6-10-33(29)43-28-7-3-2-4-8-28/h2-20,22,32,37H,21H2,1H3,(H,38,39)(H,40,41)/t32-/m0/s1. The van der Waals surface area contributed by atoms with Crippen LogP contribution in [0.2, 0.25) is 5.02 Å². The van der Waals surface area contributed by atoms with Gasteiger partial charge in [0, 0.05) is 22.7 Å². The highest BCUT2D eigenvalue weighted by Crippen LogP contribution is 2.33. The van der Waals surface area contributed by atoms with E-state index >= 15 is 0 Å². The highest BCUT2D eigenvalue weighted by atomic mass is 35.5. The number of hydrogen-bond acceptors (Lipinski definition) is 5. The van der Waals surface area contributed by atoms with E-state index in [0.717, 1.165) is 28.1 Å². The maximum atomic E-state index is 13.3. The van der Waals surface area contributed by atoms with Gasteiger partial charge in [0.15, 0.2) is 0 Å². The third kappa shape index (κ3) is 7.52. The number of rotatable bonds is 11. The second-order valence-corrected chi connectivity index (χ2v) is 10.2. The molecule has 5 rings (SSSR count). The number of nitrogens with one attached hydrogen (secondary N) is 2. The van der Waals surface area contributed by atoms with E-state index in [2.05, 4.69) is 10.6 Å². The molecular weight excluding hydrogens is 564 g/mol. The summed E-state index contributed by atoms with van der Waals surface area (Å²) in [5, 5.41) is 16.2. The number of aliphatic carboxylic acids is 1. The molecule has 5 aromatic carbocycles. The number of hydrogen-bond donors (Lipinski definition) is 3. The number of carboxylic acids is 1. The van der Waals surface area contributed by atoms with Gasteiger partial charge in [-0.25, -0.2) is 4.79 Å². The SMILES string of the molecule is COc1ccc(Nc2ccc(Cl)cc2C(=O)N[C@@H](Cc2ccc(-c3ccccc3Oc3ccccc3)cc2)C(=O)O)cc1. The van der Waals surface area contributed by atoms with Crippen LogP contribution in [-0.2, 0) is 11.2 Å². The fourth-order valence-electron chi connectivity index (χ4n) is 4.54. The molecule has 5 aromatic rings. The van der Waals surface area contributed by atoms with Crippen LogP contribution in [0.5, 0.6) is 17.2 Å². The molecule has 8 heteroatoms. The quantitative estimate of drug-likeness (QED) is 0.144. The van der Waals surface area contributed by atoms with Gasteiger partial charge in [0.05, 0.1) is 18.4 Å². The van der Waals surface area contributed by atoms with Gasteiger partial charge in [-0.2, -0.15) is 0 Å². The summed E-state index contributed by atoms with van der Waals surface area (Å²) in [6.45, 7) is 0. The zero-order chi connectivity index (χ0) is 30.2. The summed E-state index contributed by atoms with van der Waals surface area (Å²) in [7, 11) is 1.58. The van der Waals surface area contributed by atoms with Gasteiger partial charge in [-0.3, -0.25) is 4.79 Å². The van der Waals surface area contributed by atoms with Crippen molar-refractivity contribution in [1.82, 2.24) is 5.32 Å². The van der Waals surface area contributed by atoms with E-state index in [1.54, 1.807) is 31.4 Å². The smallest absolute Gasteiger partial charge is 0.326 e. The molecule has 0 bridgehead atoms. The summed E-state index contributed by atoms with van der Waals surface area (Å²) in [5.74, 6) is 0.424. The summed E-state index contributed by atoms with van der Waals surface area (Å²) in [4.78, 5) is 25.5. The monoisotopic (exact) mass is 592 g/mol. The molecule has 0 unspecified atom stereocenters. The molecule has 1 amide bonds. The first kappa shape index (κ1) is 29.2. The van der Waals surface area contributed by atoms with Gasteiger partial charge in [0.1, 0.15) is 23.3 Å². The highest BCUT2D eigenvalue weighted by molar-refractivity contribution is 6.31. The van der Waals surface area contributed by atoms with Crippen LogP contribution in [0.15, 0.2) is 121 Å². The van der Waals surface area contributed by atoms with E-state index in [0.29, 0.717) is 22.2 Å². The van der Waals surface area contributed by atoms with E-state index in [1.165, 1.54) is 6.07 Å². The van der Waals surface area contributed by atoms with Crippen LogP contribution >= 0.6 is 11.6 Å². The van der Waals surface area contributed by atoms with E-state index < -0.39 is 17.9 Å². The van der Waals surface area contributed by atoms with E-state index in [4.69, 9.17) is 21.1 Å². The number of ether oxygens (including phenoxy) is 2. The molecule has 0 saturated heterocycles. The van der Waals surface area contributed by atoms with Gasteiger partial charge in [-0.1, -0.05) is 72.3 Å². The maximum Gasteiger partial charge on any atom is 0.326 e. The van der Waals surface area contributed by atoms with Crippen LogP contribution in [0, 0.1) is 0 Å². The Labute approximate surface area is 254 Å². The minimum absolute atomic E-state index is 0.0886. The first-order chi connectivity index (χ1) is 20.9. The topological polar surface area (TPSA) is 96.9 Å². The number of carbonyl (C=O) groups is 2. The summed E-state index contributed by atoms with van der Waals surface area (Å²) in [6.07, 6.45) is 0.0886. The van der Waals surface area contributed by atoms with Crippen molar-refractivity contribution in [3.05, 3.63) is 137 Å². The van der Waals surface area contributed by atoms with E-state index in [9.17, 15) is 14.7 Å². The van der Waals surface area contributed by atoms with Crippen LogP contribution < -0.4 is 20.1 Å². The number of amides is 1. The lowest BCUT2D eigenvalue weighted by molar-refractivity contribution is -0.139. The normalized spacial score (nSPS) is 11.3. The van der Waals surface area contributed by atoms with Crippen molar-refractivity contribution in [3.8, 4) is 28.4 Å². The Balaban J connectivity index is 1.30. The fourth-order valence-corrected chi connectivity index (χ4v) is 4.72. The van der Waals surface area contributed by atoms with Crippen molar-refractivity contribution in [2.45, 2.75) is 12.5 Å². The van der Waals surface area contributed by atoms with Crippen molar-refractivity contribution in [2.75, 3.05) is 12.4 Å². The number of halogens is 1. The number of anilines is 2. The summed E-state index contributed by atoms with van der Waals surface area (Å²) >= 11 is 6.20. The molecule has 7 nitrogen and oxygen atoms in total. The van der Waals surface area contributed by atoms with Crippen molar-refractivity contribution < 1.29 is 24.2 Å². The fraction of sp³-hybridized carbons (Fsp3) is 0.0857. The average molecular weight is 593 g/mol. The molecule has 3 N–H and O–H groups in total. The van der Waals surface area contributed by atoms with Crippen LogP contribution in [0.25, 0.3) is 11.1 Å². The Hall–Kier alpha value is -5.27. The summed E-state index contributed by atoms with van der Waals surface area (Å²) in [5.41, 5.74) is 4.00. The molecule has 0 heterocycles. The van der Waals surface area contributed by atoms with Gasteiger partial charge in [-0.05, 0) is 71.8 Å². The molecule has 0 aliphatic carbocycles. The molecule has 0 fully saturated rings.